The van der Waals surface area contributed by atoms with Gasteiger partial charge in [0.25, 0.3) is 5.91 Å². The van der Waals surface area contributed by atoms with Crippen LogP contribution in [0, 0.1) is 19.8 Å². The maximum absolute atomic E-state index is 13.3. The Morgan fingerprint density at radius 2 is 1.78 bits per heavy atom. The molecule has 2 aromatic rings. The highest BCUT2D eigenvalue weighted by Gasteiger charge is 2.33. The SMILES string of the molecule is CCOC(=O)c1c(C)[nH]c(C(=O)N2CCC[C@@H](C(=O)NC3CCN(Cc4ccccc4)CC3)C2)c1C. The summed E-state index contributed by atoms with van der Waals surface area (Å²) in [5, 5.41) is 3.25. The van der Waals surface area contributed by atoms with Gasteiger partial charge in [0.15, 0.2) is 0 Å². The molecule has 1 aromatic carbocycles. The maximum Gasteiger partial charge on any atom is 0.340 e. The van der Waals surface area contributed by atoms with Gasteiger partial charge in [-0.3, -0.25) is 14.5 Å². The molecule has 194 valence electrons. The summed E-state index contributed by atoms with van der Waals surface area (Å²) >= 11 is 0. The summed E-state index contributed by atoms with van der Waals surface area (Å²) in [6.45, 7) is 9.43. The van der Waals surface area contributed by atoms with Crippen LogP contribution >= 0.6 is 0 Å². The quantitative estimate of drug-likeness (QED) is 0.575. The van der Waals surface area contributed by atoms with Gasteiger partial charge >= 0.3 is 5.97 Å². The molecule has 1 aromatic heterocycles. The molecule has 2 fully saturated rings. The summed E-state index contributed by atoms with van der Waals surface area (Å²) in [6.07, 6.45) is 3.43. The van der Waals surface area contributed by atoms with Gasteiger partial charge < -0.3 is 19.9 Å². The Bertz CT molecular complexity index is 1070. The Balaban J connectivity index is 1.30. The number of ether oxygens (including phenoxy) is 1. The summed E-state index contributed by atoms with van der Waals surface area (Å²) in [7, 11) is 0. The highest BCUT2D eigenvalue weighted by Crippen LogP contribution is 2.24. The zero-order valence-corrected chi connectivity index (χ0v) is 21.6. The minimum absolute atomic E-state index is 0.0422. The number of amides is 2. The van der Waals surface area contributed by atoms with Crippen LogP contribution in [0.4, 0.5) is 0 Å². The number of rotatable bonds is 7. The van der Waals surface area contributed by atoms with Crippen molar-refractivity contribution in [2.75, 3.05) is 32.8 Å². The molecule has 0 unspecified atom stereocenters. The van der Waals surface area contributed by atoms with Crippen LogP contribution < -0.4 is 5.32 Å². The number of benzene rings is 1. The lowest BCUT2D eigenvalue weighted by Crippen LogP contribution is -2.50. The first-order valence-corrected chi connectivity index (χ1v) is 13.1. The van der Waals surface area contributed by atoms with Gasteiger partial charge in [-0.2, -0.15) is 0 Å². The van der Waals surface area contributed by atoms with Crippen LogP contribution in [0.1, 0.15) is 70.3 Å². The van der Waals surface area contributed by atoms with Gasteiger partial charge in [-0.05, 0) is 57.6 Å². The number of H-pyrrole nitrogens is 1. The molecule has 2 aliphatic heterocycles. The highest BCUT2D eigenvalue weighted by atomic mass is 16.5. The van der Waals surface area contributed by atoms with E-state index in [4.69, 9.17) is 4.74 Å². The molecule has 0 aliphatic carbocycles. The van der Waals surface area contributed by atoms with Gasteiger partial charge in [-0.25, -0.2) is 4.79 Å². The molecule has 8 nitrogen and oxygen atoms in total. The lowest BCUT2D eigenvalue weighted by molar-refractivity contribution is -0.127. The fourth-order valence-electron chi connectivity index (χ4n) is 5.40. The first kappa shape index (κ1) is 25.9. The van der Waals surface area contributed by atoms with E-state index in [0.29, 0.717) is 35.6 Å². The van der Waals surface area contributed by atoms with Gasteiger partial charge in [0.2, 0.25) is 5.91 Å². The molecule has 2 aliphatic rings. The van der Waals surface area contributed by atoms with Crippen molar-refractivity contribution < 1.29 is 19.1 Å². The van der Waals surface area contributed by atoms with Crippen LogP contribution in [0.3, 0.4) is 0 Å². The smallest absolute Gasteiger partial charge is 0.340 e. The van der Waals surface area contributed by atoms with Crippen molar-refractivity contribution in [1.82, 2.24) is 20.1 Å². The zero-order chi connectivity index (χ0) is 25.7. The molecular formula is C28H38N4O4. The van der Waals surface area contributed by atoms with Gasteiger partial charge in [-0.15, -0.1) is 0 Å². The number of hydrogen-bond donors (Lipinski definition) is 2. The number of carbonyl (C=O) groups is 3. The van der Waals surface area contributed by atoms with Gasteiger partial charge in [0.1, 0.15) is 5.69 Å². The molecule has 4 rings (SSSR count). The molecule has 2 amide bonds. The molecule has 2 saturated heterocycles. The summed E-state index contributed by atoms with van der Waals surface area (Å²) in [5.74, 6) is -0.766. The van der Waals surface area contributed by atoms with E-state index in [9.17, 15) is 14.4 Å². The number of hydrogen-bond acceptors (Lipinski definition) is 5. The molecule has 0 bridgehead atoms. The average Bonchev–Trinajstić information content (AvgIpc) is 3.19. The van der Waals surface area contributed by atoms with E-state index in [0.717, 1.165) is 45.3 Å². The van der Waals surface area contributed by atoms with Crippen molar-refractivity contribution >= 4 is 17.8 Å². The van der Waals surface area contributed by atoms with E-state index in [1.165, 1.54) is 5.56 Å². The number of nitrogens with one attached hydrogen (secondary N) is 2. The van der Waals surface area contributed by atoms with E-state index in [1.54, 1.807) is 25.7 Å². The minimum Gasteiger partial charge on any atom is -0.462 e. The number of aromatic nitrogens is 1. The van der Waals surface area contributed by atoms with Crippen molar-refractivity contribution in [1.29, 1.82) is 0 Å². The lowest BCUT2D eigenvalue weighted by Gasteiger charge is -2.35. The number of nitrogens with zero attached hydrogens (tertiary/aromatic N) is 2. The first-order chi connectivity index (χ1) is 17.4. The second-order valence-corrected chi connectivity index (χ2v) is 9.98. The van der Waals surface area contributed by atoms with E-state index in [1.807, 2.05) is 6.07 Å². The molecule has 36 heavy (non-hydrogen) atoms. The van der Waals surface area contributed by atoms with Crippen molar-refractivity contribution in [2.45, 2.75) is 59.0 Å². The van der Waals surface area contributed by atoms with Crippen LogP contribution in [-0.4, -0.2) is 71.4 Å². The third kappa shape index (κ3) is 5.98. The Morgan fingerprint density at radius 1 is 1.06 bits per heavy atom. The monoisotopic (exact) mass is 494 g/mol. The molecule has 0 radical (unpaired) electrons. The fraction of sp³-hybridized carbons (Fsp3) is 0.536. The molecule has 8 heteroatoms. The van der Waals surface area contributed by atoms with Crippen molar-refractivity contribution in [3.05, 3.63) is 58.4 Å². The number of aryl methyl sites for hydroxylation is 1. The summed E-state index contributed by atoms with van der Waals surface area (Å²) in [4.78, 5) is 46.0. The summed E-state index contributed by atoms with van der Waals surface area (Å²) in [5.41, 5.74) is 3.37. The minimum atomic E-state index is -0.423. The van der Waals surface area contributed by atoms with Gasteiger partial charge in [0, 0.05) is 44.5 Å². The molecule has 3 heterocycles. The summed E-state index contributed by atoms with van der Waals surface area (Å²) in [6, 6.07) is 10.6. The third-order valence-electron chi connectivity index (χ3n) is 7.39. The van der Waals surface area contributed by atoms with Gasteiger partial charge in [-0.1, -0.05) is 30.3 Å². The number of aromatic amines is 1. The standard InChI is InChI=1S/C28H38N4O4/c1-4-36-28(35)24-19(2)25(29-20(24)3)27(34)32-14-8-11-22(18-32)26(33)30-23-12-15-31(16-13-23)17-21-9-6-5-7-10-21/h5-7,9-10,22-23,29H,4,8,11-18H2,1-3H3,(H,30,33)/t22-/m1/s1. The van der Waals surface area contributed by atoms with Crippen LogP contribution in [-0.2, 0) is 16.1 Å². The Labute approximate surface area is 213 Å². The van der Waals surface area contributed by atoms with Crippen LogP contribution in [0.5, 0.6) is 0 Å². The Hall–Kier alpha value is -3.13. The van der Waals surface area contributed by atoms with Crippen LogP contribution in [0.25, 0.3) is 0 Å². The van der Waals surface area contributed by atoms with Crippen molar-refractivity contribution in [2.24, 2.45) is 5.92 Å². The Kier molecular flexibility index (Phi) is 8.46. The number of likely N-dealkylation sites (tertiary alicyclic amines) is 2. The number of esters is 1. The predicted molar refractivity (Wildman–Crippen MR) is 138 cm³/mol. The van der Waals surface area contributed by atoms with Crippen LogP contribution in [0.15, 0.2) is 30.3 Å². The molecule has 0 saturated carbocycles. The van der Waals surface area contributed by atoms with Crippen LogP contribution in [0.2, 0.25) is 0 Å². The predicted octanol–water partition coefficient (Wildman–Crippen LogP) is 3.44. The number of carbonyl (C=O) groups excluding carboxylic acids is 3. The maximum atomic E-state index is 13.3. The molecule has 1 atom stereocenters. The second-order valence-electron chi connectivity index (χ2n) is 9.98. The molecule has 0 spiro atoms. The molecule has 2 N–H and O–H groups in total. The van der Waals surface area contributed by atoms with Crippen molar-refractivity contribution in [3.8, 4) is 0 Å². The van der Waals surface area contributed by atoms with Gasteiger partial charge in [0.05, 0.1) is 18.1 Å². The largest absolute Gasteiger partial charge is 0.462 e. The molecular weight excluding hydrogens is 456 g/mol. The van der Waals surface area contributed by atoms with E-state index < -0.39 is 5.97 Å². The zero-order valence-electron chi connectivity index (χ0n) is 21.6. The average molecular weight is 495 g/mol. The topological polar surface area (TPSA) is 94.7 Å². The lowest BCUT2D eigenvalue weighted by atomic mass is 9.95. The normalized spacial score (nSPS) is 19.2. The second kappa shape index (κ2) is 11.7. The third-order valence-corrected chi connectivity index (χ3v) is 7.39. The van der Waals surface area contributed by atoms with E-state index in [2.05, 4.69) is 39.5 Å². The first-order valence-electron chi connectivity index (χ1n) is 13.1. The van der Waals surface area contributed by atoms with E-state index >= 15 is 0 Å². The summed E-state index contributed by atoms with van der Waals surface area (Å²) < 4.78 is 5.15. The van der Waals surface area contributed by atoms with E-state index in [-0.39, 0.29) is 30.4 Å². The van der Waals surface area contributed by atoms with Crippen molar-refractivity contribution in [3.63, 3.8) is 0 Å². The fourth-order valence-corrected chi connectivity index (χ4v) is 5.40. The number of piperidine rings is 2. The Morgan fingerprint density at radius 3 is 2.47 bits per heavy atom. The highest BCUT2D eigenvalue weighted by molar-refractivity contribution is 6.00.